The predicted molar refractivity (Wildman–Crippen MR) is 159 cm³/mol. The number of hydrogen-bond acceptors (Lipinski definition) is 5. The Kier molecular flexibility index (Phi) is 7.74. The summed E-state index contributed by atoms with van der Waals surface area (Å²) in [5.74, 6) is -1.16. The third-order valence-electron chi connectivity index (χ3n) is 6.86. The van der Waals surface area contributed by atoms with Crippen molar-refractivity contribution in [3.8, 4) is 11.5 Å². The molecule has 0 saturated heterocycles. The summed E-state index contributed by atoms with van der Waals surface area (Å²) < 4.78 is 21.0. The molecule has 2 N–H and O–H groups in total. The summed E-state index contributed by atoms with van der Waals surface area (Å²) in [5.41, 5.74) is 2.96. The smallest absolute Gasteiger partial charge is 0.240 e. The van der Waals surface area contributed by atoms with Gasteiger partial charge in [-0.3, -0.25) is 19.6 Å². The Morgan fingerprint density at radius 3 is 2.34 bits per heavy atom. The number of fused-ring (bicyclic) bond motifs is 1. The van der Waals surface area contributed by atoms with Crippen molar-refractivity contribution in [2.45, 2.75) is 26.7 Å². The first-order valence-electron chi connectivity index (χ1n) is 13.2. The van der Waals surface area contributed by atoms with E-state index in [9.17, 15) is 9.59 Å². The van der Waals surface area contributed by atoms with Crippen molar-refractivity contribution in [3.05, 3.63) is 115 Å². The zero-order valence-electron chi connectivity index (χ0n) is 22.8. The van der Waals surface area contributed by atoms with E-state index in [-0.39, 0.29) is 17.3 Å². The van der Waals surface area contributed by atoms with Crippen LogP contribution < -0.4 is 15.4 Å². The second-order valence-corrected chi connectivity index (χ2v) is 9.86. The summed E-state index contributed by atoms with van der Waals surface area (Å²) in [6.07, 6.45) is 11.4. The second-order valence-electron chi connectivity index (χ2n) is 9.86. The molecule has 5 rings (SSSR count). The van der Waals surface area contributed by atoms with E-state index in [1.165, 1.54) is 18.2 Å². The Hall–Kier alpha value is -5.11. The Morgan fingerprint density at radius 2 is 1.68 bits per heavy atom. The van der Waals surface area contributed by atoms with E-state index in [0.717, 1.165) is 11.1 Å². The fraction of sp³-hybridized carbons (Fsp3) is 0.152. The first kappa shape index (κ1) is 27.5. The highest BCUT2D eigenvalue weighted by Crippen LogP contribution is 2.47. The molecule has 1 fully saturated rings. The van der Waals surface area contributed by atoms with Crippen LogP contribution in [-0.2, 0) is 9.59 Å². The topological polar surface area (TPSA) is 93.2 Å². The molecule has 0 radical (unpaired) electrons. The number of carbonyl (C=O) groups is 2. The van der Waals surface area contributed by atoms with Crippen LogP contribution in [0.15, 0.2) is 97.9 Å². The number of ether oxygens (including phenoxy) is 1. The van der Waals surface area contributed by atoms with Gasteiger partial charge in [0, 0.05) is 29.8 Å². The molecule has 0 aliphatic heterocycles. The van der Waals surface area contributed by atoms with Crippen molar-refractivity contribution in [2.75, 3.05) is 10.6 Å². The van der Waals surface area contributed by atoms with E-state index in [2.05, 4.69) is 27.2 Å². The zero-order chi connectivity index (χ0) is 29.0. The molecule has 2 heterocycles. The van der Waals surface area contributed by atoms with Crippen molar-refractivity contribution in [1.29, 1.82) is 0 Å². The van der Waals surface area contributed by atoms with Crippen LogP contribution in [0.25, 0.3) is 16.5 Å². The molecular weight excluding hydrogens is 519 g/mol. The number of benzene rings is 2. The highest BCUT2D eigenvalue weighted by Gasteiger charge is 2.56. The number of anilines is 2. The third kappa shape index (κ3) is 5.91. The van der Waals surface area contributed by atoms with Gasteiger partial charge >= 0.3 is 0 Å². The molecule has 1 saturated carbocycles. The van der Waals surface area contributed by atoms with Crippen LogP contribution in [0.2, 0.25) is 0 Å². The van der Waals surface area contributed by atoms with Gasteiger partial charge in [-0.15, -0.1) is 0 Å². The molecule has 1 aliphatic carbocycles. The molecule has 4 aromatic rings. The lowest BCUT2D eigenvalue weighted by molar-refractivity contribution is -0.131. The molecule has 1 aliphatic rings. The summed E-state index contributed by atoms with van der Waals surface area (Å²) in [6, 6.07) is 14.9. The van der Waals surface area contributed by atoms with Crippen molar-refractivity contribution in [1.82, 2.24) is 9.97 Å². The minimum absolute atomic E-state index is 0.0287. The average molecular weight is 549 g/mol. The monoisotopic (exact) mass is 548 g/mol. The van der Waals surface area contributed by atoms with Crippen molar-refractivity contribution in [2.24, 2.45) is 5.41 Å². The Morgan fingerprint density at radius 1 is 0.976 bits per heavy atom. The summed E-state index contributed by atoms with van der Waals surface area (Å²) in [7, 11) is 0. The quantitative estimate of drug-likeness (QED) is 0.168. The van der Waals surface area contributed by atoms with Crippen LogP contribution in [0.4, 0.5) is 15.8 Å². The minimum atomic E-state index is -1.17. The van der Waals surface area contributed by atoms with E-state index in [1.54, 1.807) is 36.7 Å². The number of rotatable bonds is 9. The van der Waals surface area contributed by atoms with Crippen molar-refractivity contribution < 1.29 is 18.7 Å². The number of pyridine rings is 2. The Labute approximate surface area is 237 Å². The van der Waals surface area contributed by atoms with E-state index in [0.29, 0.717) is 40.9 Å². The molecular formula is C33H29FN4O3. The predicted octanol–water partition coefficient (Wildman–Crippen LogP) is 7.37. The van der Waals surface area contributed by atoms with Crippen LogP contribution in [0, 0.1) is 18.2 Å². The Balaban J connectivity index is 1.30. The van der Waals surface area contributed by atoms with Gasteiger partial charge in [-0.25, -0.2) is 4.39 Å². The van der Waals surface area contributed by atoms with Gasteiger partial charge in [0.25, 0.3) is 0 Å². The number of halogens is 1. The van der Waals surface area contributed by atoms with Gasteiger partial charge < -0.3 is 15.4 Å². The molecule has 0 atom stereocenters. The van der Waals surface area contributed by atoms with Crippen LogP contribution in [0.5, 0.6) is 11.5 Å². The van der Waals surface area contributed by atoms with Crippen LogP contribution >= 0.6 is 0 Å². The van der Waals surface area contributed by atoms with Crippen molar-refractivity contribution in [3.63, 3.8) is 0 Å². The molecule has 2 aromatic carbocycles. The number of aromatic nitrogens is 2. The number of nitrogens with one attached hydrogen (secondary N) is 2. The maximum atomic E-state index is 15.1. The molecule has 2 aromatic heterocycles. The van der Waals surface area contributed by atoms with Gasteiger partial charge in [-0.05, 0) is 68.7 Å². The van der Waals surface area contributed by atoms with Crippen LogP contribution in [0.1, 0.15) is 31.0 Å². The molecule has 2 amide bonds. The second kappa shape index (κ2) is 11.6. The van der Waals surface area contributed by atoms with Gasteiger partial charge in [0.05, 0.1) is 16.6 Å². The number of aryl methyl sites for hydroxylation is 1. The molecule has 0 bridgehead atoms. The van der Waals surface area contributed by atoms with E-state index in [1.807, 2.05) is 50.3 Å². The molecule has 0 spiro atoms. The lowest BCUT2D eigenvalue weighted by Gasteiger charge is -2.16. The third-order valence-corrected chi connectivity index (χ3v) is 6.86. The van der Waals surface area contributed by atoms with Gasteiger partial charge in [-0.1, -0.05) is 48.6 Å². The van der Waals surface area contributed by atoms with Crippen molar-refractivity contribution >= 4 is 39.7 Å². The van der Waals surface area contributed by atoms with E-state index < -0.39 is 17.1 Å². The maximum absolute atomic E-state index is 15.1. The molecule has 206 valence electrons. The lowest BCUT2D eigenvalue weighted by Crippen LogP contribution is -2.35. The summed E-state index contributed by atoms with van der Waals surface area (Å²) in [4.78, 5) is 34.8. The molecule has 8 heteroatoms. The largest absolute Gasteiger partial charge is 0.453 e. The van der Waals surface area contributed by atoms with Gasteiger partial charge in [0.15, 0.2) is 11.6 Å². The first-order valence-corrected chi connectivity index (χ1v) is 13.2. The summed E-state index contributed by atoms with van der Waals surface area (Å²) in [5, 5.41) is 6.11. The van der Waals surface area contributed by atoms with E-state index >= 15 is 4.39 Å². The number of nitrogens with zero attached hydrogens (tertiary/aromatic N) is 2. The summed E-state index contributed by atoms with van der Waals surface area (Å²) >= 11 is 0. The highest BCUT2D eigenvalue weighted by atomic mass is 19.1. The number of hydrogen-bond donors (Lipinski definition) is 2. The maximum Gasteiger partial charge on any atom is 0.240 e. The minimum Gasteiger partial charge on any atom is -0.453 e. The fourth-order valence-corrected chi connectivity index (χ4v) is 4.40. The highest BCUT2D eigenvalue weighted by molar-refractivity contribution is 6.16. The summed E-state index contributed by atoms with van der Waals surface area (Å²) in [6.45, 7) is 7.62. The number of carbonyl (C=O) groups excluding carboxylic acids is 2. The number of allylic oxidation sites excluding steroid dienone is 5. The standard InChI is InChI=1S/C33H29FN4O3/c1-4-6-22(7-5-2)27-19-28-25(20-36-27)29(14-17-35-28)41-30-13-12-24(18-26(30)34)38-32(40)33(15-16-33)31(39)37-23-10-8-21(3)9-11-23/h4-14,17-20H,1,15-16H2,2-3H3,(H,37,39)(H,38,40)/b7-5-,22-6+. The lowest BCUT2D eigenvalue weighted by atomic mass is 10.0. The van der Waals surface area contributed by atoms with Crippen LogP contribution in [-0.4, -0.2) is 21.8 Å². The van der Waals surface area contributed by atoms with Gasteiger partial charge in [-0.2, -0.15) is 0 Å². The molecule has 0 unspecified atom stereocenters. The van der Waals surface area contributed by atoms with Gasteiger partial charge in [0.2, 0.25) is 11.8 Å². The van der Waals surface area contributed by atoms with E-state index in [4.69, 9.17) is 4.74 Å². The Bertz CT molecular complexity index is 1710. The van der Waals surface area contributed by atoms with Crippen LogP contribution in [0.3, 0.4) is 0 Å². The average Bonchev–Trinajstić information content (AvgIpc) is 3.78. The SMILES string of the molecule is C=C/C=C(\C=C/C)c1cc2nccc(Oc3ccc(NC(=O)C4(C(=O)Nc5ccc(C)cc5)CC4)cc3F)c2cn1. The molecule has 41 heavy (non-hydrogen) atoms. The normalized spacial score (nSPS) is 14.1. The molecule has 7 nitrogen and oxygen atoms in total. The zero-order valence-corrected chi connectivity index (χ0v) is 22.8. The number of amides is 2. The van der Waals surface area contributed by atoms with Gasteiger partial charge in [0.1, 0.15) is 11.2 Å². The first-order chi connectivity index (χ1) is 19.8. The fourth-order valence-electron chi connectivity index (χ4n) is 4.40.